The molecule has 0 atom stereocenters. The Hall–Kier alpha value is -3.80. The molecule has 2 aliphatic heterocycles. The van der Waals surface area contributed by atoms with Crippen molar-refractivity contribution < 1.29 is 19.1 Å². The van der Waals surface area contributed by atoms with Gasteiger partial charge in [-0.1, -0.05) is 48.5 Å². The smallest absolute Gasteiger partial charge is 0.255 e. The Morgan fingerprint density at radius 1 is 0.567 bits per heavy atom. The Bertz CT molecular complexity index is 963. The van der Waals surface area contributed by atoms with Gasteiger partial charge >= 0.3 is 0 Å². The van der Waals surface area contributed by atoms with Crippen molar-refractivity contribution in [3.8, 4) is 11.5 Å². The minimum Gasteiger partial charge on any atom is -0.488 e. The molecule has 2 amide bonds. The number of ether oxygens (including phenoxy) is 2. The third kappa shape index (κ3) is 4.60. The second-order valence-corrected chi connectivity index (χ2v) is 6.90. The fourth-order valence-corrected chi connectivity index (χ4v) is 3.16. The Kier molecular flexibility index (Phi) is 5.94. The van der Waals surface area contributed by atoms with Crippen molar-refractivity contribution in [2.24, 2.45) is 0 Å². The van der Waals surface area contributed by atoms with Crippen LogP contribution in [0.4, 0.5) is 0 Å². The van der Waals surface area contributed by atoms with Gasteiger partial charge in [-0.05, 0) is 35.4 Å². The summed E-state index contributed by atoms with van der Waals surface area (Å²) in [5.41, 5.74) is 2.88. The van der Waals surface area contributed by atoms with Gasteiger partial charge < -0.3 is 20.1 Å². The second-order valence-electron chi connectivity index (χ2n) is 6.90. The number of benzene rings is 3. The molecule has 0 saturated carbocycles. The lowest BCUT2D eigenvalue weighted by Crippen LogP contribution is -2.35. The van der Waals surface area contributed by atoms with Gasteiger partial charge in [-0.3, -0.25) is 9.59 Å². The zero-order chi connectivity index (χ0) is 20.8. The Labute approximate surface area is 174 Å². The van der Waals surface area contributed by atoms with Gasteiger partial charge in [0.05, 0.1) is 11.1 Å². The Balaban J connectivity index is 1.60. The molecule has 0 aromatic heterocycles. The highest BCUT2D eigenvalue weighted by Crippen LogP contribution is 2.21. The summed E-state index contributed by atoms with van der Waals surface area (Å²) in [5.74, 6) is 0.531. The number of hydrogen-bond donors (Lipinski definition) is 2. The van der Waals surface area contributed by atoms with E-state index in [0.717, 1.165) is 11.1 Å². The lowest BCUT2D eigenvalue weighted by molar-refractivity contribution is 0.0922. The van der Waals surface area contributed by atoms with Crippen LogP contribution in [-0.4, -0.2) is 24.9 Å². The number of nitrogens with one attached hydrogen (secondary N) is 2. The quantitative estimate of drug-likeness (QED) is 0.605. The van der Waals surface area contributed by atoms with Crippen molar-refractivity contribution in [3.63, 3.8) is 0 Å². The number of rotatable bonds is 0. The van der Waals surface area contributed by atoms with E-state index in [4.69, 9.17) is 9.47 Å². The molecule has 2 bridgehead atoms. The van der Waals surface area contributed by atoms with Gasteiger partial charge in [0.25, 0.3) is 11.8 Å². The molecule has 6 heteroatoms. The van der Waals surface area contributed by atoms with Crippen molar-refractivity contribution in [1.82, 2.24) is 10.6 Å². The number of fused-ring (bicyclic) bond motifs is 9. The number of amides is 2. The first kappa shape index (κ1) is 19.5. The standard InChI is InChI=1S/C24H22N2O4/c27-23-19-5-1-3-7-21(19)29-15-17-9-11-18(12-10-17)16-30-22-8-4-2-6-20(22)24(28)26-14-13-25-23/h1-12H,13-16H2,(H,25,27)(H,26,28). The van der Waals surface area contributed by atoms with Crippen molar-refractivity contribution in [1.29, 1.82) is 0 Å². The molecule has 3 aromatic carbocycles. The molecule has 2 heterocycles. The molecule has 152 valence electrons. The number of carbonyl (C=O) groups excluding carboxylic acids is 2. The summed E-state index contributed by atoms with van der Waals surface area (Å²) < 4.78 is 11.8. The molecule has 0 saturated heterocycles. The first-order valence-electron chi connectivity index (χ1n) is 9.78. The van der Waals surface area contributed by atoms with E-state index in [1.54, 1.807) is 36.4 Å². The van der Waals surface area contributed by atoms with Crippen LogP contribution in [0.5, 0.6) is 11.5 Å². The summed E-state index contributed by atoms with van der Waals surface area (Å²) in [4.78, 5) is 25.2. The van der Waals surface area contributed by atoms with Crippen LogP contribution >= 0.6 is 0 Å². The van der Waals surface area contributed by atoms with Crippen LogP contribution < -0.4 is 20.1 Å². The molecular weight excluding hydrogens is 380 g/mol. The number of para-hydroxylation sites is 2. The van der Waals surface area contributed by atoms with Crippen LogP contribution in [-0.2, 0) is 13.2 Å². The van der Waals surface area contributed by atoms with Crippen molar-refractivity contribution in [2.75, 3.05) is 13.1 Å². The molecule has 0 spiro atoms. The molecule has 5 rings (SSSR count). The van der Waals surface area contributed by atoms with Crippen LogP contribution in [0.15, 0.2) is 72.8 Å². The van der Waals surface area contributed by atoms with Gasteiger partial charge in [-0.2, -0.15) is 0 Å². The van der Waals surface area contributed by atoms with E-state index in [1.165, 1.54) is 0 Å². The van der Waals surface area contributed by atoms with Crippen LogP contribution in [0.25, 0.3) is 0 Å². The van der Waals surface area contributed by atoms with E-state index in [-0.39, 0.29) is 11.8 Å². The SMILES string of the molecule is O=C1NCCNC(=O)c2ccccc2OCc2ccc(cc2)COc2ccccc21. The van der Waals surface area contributed by atoms with Crippen molar-refractivity contribution in [2.45, 2.75) is 13.2 Å². The summed E-state index contributed by atoms with van der Waals surface area (Å²) in [6.45, 7) is 1.29. The fourth-order valence-electron chi connectivity index (χ4n) is 3.16. The monoisotopic (exact) mass is 402 g/mol. The van der Waals surface area contributed by atoms with E-state index in [0.29, 0.717) is 48.9 Å². The lowest BCUT2D eigenvalue weighted by atomic mass is 10.1. The molecular formula is C24H22N2O4. The maximum Gasteiger partial charge on any atom is 0.255 e. The Morgan fingerprint density at radius 3 is 1.40 bits per heavy atom. The van der Waals surface area contributed by atoms with Gasteiger partial charge in [0.1, 0.15) is 24.7 Å². The fraction of sp³-hybridized carbons (Fsp3) is 0.167. The second kappa shape index (κ2) is 9.13. The molecule has 0 aliphatic carbocycles. The largest absolute Gasteiger partial charge is 0.488 e. The first-order valence-corrected chi connectivity index (χ1v) is 9.78. The molecule has 0 unspecified atom stereocenters. The van der Waals surface area contributed by atoms with Crippen LogP contribution in [0.3, 0.4) is 0 Å². The minimum atomic E-state index is -0.250. The van der Waals surface area contributed by atoms with Crippen molar-refractivity contribution >= 4 is 11.8 Å². The van der Waals surface area contributed by atoms with E-state index >= 15 is 0 Å². The highest BCUT2D eigenvalue weighted by Gasteiger charge is 2.14. The van der Waals surface area contributed by atoms with E-state index in [2.05, 4.69) is 10.6 Å². The van der Waals surface area contributed by atoms with Gasteiger partial charge in [0.2, 0.25) is 0 Å². The van der Waals surface area contributed by atoms with Gasteiger partial charge in [0, 0.05) is 13.1 Å². The van der Waals surface area contributed by atoms with E-state index in [1.807, 2.05) is 36.4 Å². The van der Waals surface area contributed by atoms with Gasteiger partial charge in [0.15, 0.2) is 0 Å². The molecule has 0 radical (unpaired) electrons. The molecule has 3 aromatic rings. The Morgan fingerprint density at radius 2 is 0.967 bits per heavy atom. The van der Waals surface area contributed by atoms with Crippen LogP contribution in [0.2, 0.25) is 0 Å². The molecule has 6 nitrogen and oxygen atoms in total. The average Bonchev–Trinajstić information content (AvgIpc) is 2.79. The maximum atomic E-state index is 12.6. The molecule has 0 fully saturated rings. The predicted molar refractivity (Wildman–Crippen MR) is 113 cm³/mol. The van der Waals surface area contributed by atoms with Gasteiger partial charge in [-0.15, -0.1) is 0 Å². The summed E-state index contributed by atoms with van der Waals surface area (Å²) in [6.07, 6.45) is 0. The maximum absolute atomic E-state index is 12.6. The minimum absolute atomic E-state index is 0.250. The highest BCUT2D eigenvalue weighted by molar-refractivity contribution is 5.98. The predicted octanol–water partition coefficient (Wildman–Crippen LogP) is 3.32. The third-order valence-corrected chi connectivity index (χ3v) is 4.77. The zero-order valence-electron chi connectivity index (χ0n) is 16.4. The van der Waals surface area contributed by atoms with E-state index in [9.17, 15) is 9.59 Å². The van der Waals surface area contributed by atoms with Crippen molar-refractivity contribution in [3.05, 3.63) is 95.1 Å². The summed E-state index contributed by atoms with van der Waals surface area (Å²) in [6, 6.07) is 22.1. The summed E-state index contributed by atoms with van der Waals surface area (Å²) >= 11 is 0. The zero-order valence-corrected chi connectivity index (χ0v) is 16.4. The summed E-state index contributed by atoms with van der Waals surface area (Å²) in [7, 11) is 0. The topological polar surface area (TPSA) is 76.7 Å². The first-order chi connectivity index (χ1) is 14.7. The molecule has 2 N–H and O–H groups in total. The molecule has 30 heavy (non-hydrogen) atoms. The third-order valence-electron chi connectivity index (χ3n) is 4.77. The number of carbonyl (C=O) groups is 2. The van der Waals surface area contributed by atoms with Gasteiger partial charge in [-0.25, -0.2) is 0 Å². The summed E-state index contributed by atoms with van der Waals surface area (Å²) in [5, 5.41) is 5.64. The molecule has 2 aliphatic rings. The number of hydrogen-bond acceptors (Lipinski definition) is 4. The van der Waals surface area contributed by atoms with E-state index < -0.39 is 0 Å². The van der Waals surface area contributed by atoms with Crippen LogP contribution in [0.1, 0.15) is 31.8 Å². The normalized spacial score (nSPS) is 14.7. The lowest BCUT2D eigenvalue weighted by Gasteiger charge is -2.14. The highest BCUT2D eigenvalue weighted by atomic mass is 16.5. The van der Waals surface area contributed by atoms with Crippen LogP contribution in [0, 0.1) is 0 Å². The average molecular weight is 402 g/mol.